The molecule has 0 rings (SSSR count). The van der Waals surface area contributed by atoms with Gasteiger partial charge in [-0.25, -0.2) is 17.6 Å². The monoisotopic (exact) mass is 232 g/mol. The molecule has 0 amide bonds. The van der Waals surface area contributed by atoms with Crippen LogP contribution in [0.3, 0.4) is 0 Å². The summed E-state index contributed by atoms with van der Waals surface area (Å²) in [4.78, 5) is 0. The fourth-order valence-electron chi connectivity index (χ4n) is 1.19. The van der Waals surface area contributed by atoms with Gasteiger partial charge in [-0.1, -0.05) is 13.8 Å². The molecule has 2 unspecified atom stereocenters. The molecule has 0 spiro atoms. The van der Waals surface area contributed by atoms with Crippen molar-refractivity contribution in [1.29, 1.82) is 0 Å². The minimum absolute atomic E-state index is 0.457. The van der Waals surface area contributed by atoms with Gasteiger partial charge in [-0.15, -0.1) is 0 Å². The van der Waals surface area contributed by atoms with Crippen molar-refractivity contribution >= 4 is 0 Å². The van der Waals surface area contributed by atoms with E-state index in [1.807, 2.05) is 0 Å². The normalized spacial score (nSPS) is 17.6. The number of alkyl halides is 4. The summed E-state index contributed by atoms with van der Waals surface area (Å²) in [6.45, 7) is -0.516. The third-order valence-corrected chi connectivity index (χ3v) is 2.57. The van der Waals surface area contributed by atoms with Crippen molar-refractivity contribution in [3.8, 4) is 0 Å². The smallest absolute Gasteiger partial charge is 0.273 e. The van der Waals surface area contributed by atoms with Gasteiger partial charge in [-0.05, 0) is 6.42 Å². The SMILES string of the molecule is CC(CC(C)C(F)(F)CO)C(F)(F)CO. The highest BCUT2D eigenvalue weighted by molar-refractivity contribution is 4.80. The second-order valence-electron chi connectivity index (χ2n) is 3.88. The van der Waals surface area contributed by atoms with Crippen molar-refractivity contribution < 1.29 is 27.8 Å². The number of rotatable bonds is 6. The molecule has 92 valence electrons. The molecule has 0 aromatic rings. The number of hydrogen-bond donors (Lipinski definition) is 2. The van der Waals surface area contributed by atoms with Crippen LogP contribution in [0.1, 0.15) is 20.3 Å². The summed E-state index contributed by atoms with van der Waals surface area (Å²) in [5.74, 6) is -9.43. The molecular weight excluding hydrogens is 216 g/mol. The average Bonchev–Trinajstić information content (AvgIpc) is 2.17. The van der Waals surface area contributed by atoms with E-state index in [9.17, 15) is 17.6 Å². The minimum atomic E-state index is -3.36. The molecule has 6 heteroatoms. The lowest BCUT2D eigenvalue weighted by Gasteiger charge is -2.28. The van der Waals surface area contributed by atoms with E-state index in [0.29, 0.717) is 0 Å². The van der Waals surface area contributed by atoms with E-state index in [0.717, 1.165) is 13.8 Å². The van der Waals surface area contributed by atoms with E-state index < -0.39 is 43.3 Å². The number of aliphatic hydroxyl groups excluding tert-OH is 2. The van der Waals surface area contributed by atoms with Gasteiger partial charge in [0.1, 0.15) is 13.2 Å². The van der Waals surface area contributed by atoms with Crippen LogP contribution in [0.5, 0.6) is 0 Å². The van der Waals surface area contributed by atoms with Crippen LogP contribution in [0.25, 0.3) is 0 Å². The zero-order valence-corrected chi connectivity index (χ0v) is 8.68. The Labute approximate surface area is 85.9 Å². The van der Waals surface area contributed by atoms with Crippen molar-refractivity contribution in [3.63, 3.8) is 0 Å². The molecule has 2 atom stereocenters. The molecule has 2 N–H and O–H groups in total. The van der Waals surface area contributed by atoms with E-state index in [1.54, 1.807) is 0 Å². The molecule has 0 aliphatic heterocycles. The lowest BCUT2D eigenvalue weighted by atomic mass is 9.89. The van der Waals surface area contributed by atoms with Crippen molar-refractivity contribution in [2.45, 2.75) is 32.1 Å². The molecule has 0 saturated carbocycles. The largest absolute Gasteiger partial charge is 0.390 e. The number of hydrogen-bond acceptors (Lipinski definition) is 2. The van der Waals surface area contributed by atoms with Gasteiger partial charge in [0.25, 0.3) is 11.8 Å². The first-order chi connectivity index (χ1) is 6.67. The zero-order chi connectivity index (χ0) is 12.3. The van der Waals surface area contributed by atoms with Crippen LogP contribution in [0.15, 0.2) is 0 Å². The predicted octanol–water partition coefficient (Wildman–Crippen LogP) is 1.90. The van der Waals surface area contributed by atoms with Crippen LogP contribution in [-0.4, -0.2) is 35.3 Å². The minimum Gasteiger partial charge on any atom is -0.390 e. The Morgan fingerprint density at radius 3 is 1.33 bits per heavy atom. The first-order valence-corrected chi connectivity index (χ1v) is 4.64. The maximum absolute atomic E-state index is 12.8. The van der Waals surface area contributed by atoms with Crippen LogP contribution in [0.4, 0.5) is 17.6 Å². The zero-order valence-electron chi connectivity index (χ0n) is 8.68. The van der Waals surface area contributed by atoms with Crippen molar-refractivity contribution in [2.75, 3.05) is 13.2 Å². The van der Waals surface area contributed by atoms with E-state index in [2.05, 4.69) is 0 Å². The molecule has 2 nitrogen and oxygen atoms in total. The Kier molecular flexibility index (Phi) is 4.99. The fraction of sp³-hybridized carbons (Fsp3) is 1.00. The van der Waals surface area contributed by atoms with Crippen molar-refractivity contribution in [3.05, 3.63) is 0 Å². The van der Waals surface area contributed by atoms with Crippen molar-refractivity contribution in [1.82, 2.24) is 0 Å². The standard InChI is InChI=1S/C9H16F4O2/c1-6(8(10,11)4-14)3-7(2)9(12,13)5-15/h6-7,14-15H,3-5H2,1-2H3. The third kappa shape index (κ3) is 3.95. The van der Waals surface area contributed by atoms with E-state index in [1.165, 1.54) is 0 Å². The van der Waals surface area contributed by atoms with Crippen molar-refractivity contribution in [2.24, 2.45) is 11.8 Å². The van der Waals surface area contributed by atoms with Gasteiger partial charge in [0.2, 0.25) is 0 Å². The van der Waals surface area contributed by atoms with Crippen LogP contribution >= 0.6 is 0 Å². The van der Waals surface area contributed by atoms with Gasteiger partial charge >= 0.3 is 0 Å². The lowest BCUT2D eigenvalue weighted by Crippen LogP contribution is -2.37. The summed E-state index contributed by atoms with van der Waals surface area (Å²) in [7, 11) is 0. The molecule has 0 aliphatic rings. The second-order valence-corrected chi connectivity index (χ2v) is 3.88. The van der Waals surface area contributed by atoms with E-state index in [4.69, 9.17) is 10.2 Å². The van der Waals surface area contributed by atoms with Crippen LogP contribution in [-0.2, 0) is 0 Å². The number of halogens is 4. The Bertz CT molecular complexity index is 177. The molecular formula is C9H16F4O2. The van der Waals surface area contributed by atoms with E-state index in [-0.39, 0.29) is 0 Å². The topological polar surface area (TPSA) is 40.5 Å². The highest BCUT2D eigenvalue weighted by Crippen LogP contribution is 2.34. The van der Waals surface area contributed by atoms with Crippen LogP contribution in [0.2, 0.25) is 0 Å². The van der Waals surface area contributed by atoms with Gasteiger partial charge < -0.3 is 10.2 Å². The Morgan fingerprint density at radius 2 is 1.13 bits per heavy atom. The molecule has 0 aromatic heterocycles. The average molecular weight is 232 g/mol. The highest BCUT2D eigenvalue weighted by atomic mass is 19.3. The van der Waals surface area contributed by atoms with E-state index >= 15 is 0 Å². The molecule has 0 aromatic carbocycles. The van der Waals surface area contributed by atoms with Crippen LogP contribution in [0, 0.1) is 11.8 Å². The van der Waals surface area contributed by atoms with Gasteiger partial charge in [0, 0.05) is 11.8 Å². The number of aliphatic hydroxyl groups is 2. The van der Waals surface area contributed by atoms with Gasteiger partial charge in [-0.2, -0.15) is 0 Å². The third-order valence-electron chi connectivity index (χ3n) is 2.57. The molecule has 15 heavy (non-hydrogen) atoms. The molecule has 0 radical (unpaired) electrons. The highest BCUT2D eigenvalue weighted by Gasteiger charge is 2.42. The first-order valence-electron chi connectivity index (χ1n) is 4.64. The lowest BCUT2D eigenvalue weighted by molar-refractivity contribution is -0.129. The predicted molar refractivity (Wildman–Crippen MR) is 47.0 cm³/mol. The summed E-state index contributed by atoms with van der Waals surface area (Å²) in [6.07, 6.45) is -0.457. The maximum atomic E-state index is 12.8. The first kappa shape index (κ1) is 14.6. The molecule has 0 bridgehead atoms. The Balaban J connectivity index is 4.36. The van der Waals surface area contributed by atoms with Gasteiger partial charge in [0.15, 0.2) is 0 Å². The van der Waals surface area contributed by atoms with Gasteiger partial charge in [-0.3, -0.25) is 0 Å². The van der Waals surface area contributed by atoms with Gasteiger partial charge in [0.05, 0.1) is 0 Å². The second kappa shape index (κ2) is 5.12. The molecule has 0 aliphatic carbocycles. The summed E-state index contributed by atoms with van der Waals surface area (Å²) < 4.78 is 51.4. The maximum Gasteiger partial charge on any atom is 0.273 e. The van der Waals surface area contributed by atoms with Crippen LogP contribution < -0.4 is 0 Å². The summed E-state index contributed by atoms with van der Waals surface area (Å²) in [5.41, 5.74) is 0. The summed E-state index contributed by atoms with van der Waals surface area (Å²) >= 11 is 0. The Morgan fingerprint density at radius 1 is 0.867 bits per heavy atom. The summed E-state index contributed by atoms with van der Waals surface area (Å²) in [5, 5.41) is 16.7. The molecule has 0 heterocycles. The quantitative estimate of drug-likeness (QED) is 0.687. The molecule has 0 fully saturated rings. The summed E-state index contributed by atoms with van der Waals surface area (Å²) in [6, 6.07) is 0. The molecule has 0 saturated heterocycles. The fourth-order valence-corrected chi connectivity index (χ4v) is 1.19. The Hall–Kier alpha value is -0.360.